The number of aliphatic hydroxyl groups is 1. The molecule has 5 rings (SSSR count). The Morgan fingerprint density at radius 2 is 1.68 bits per heavy atom. The summed E-state index contributed by atoms with van der Waals surface area (Å²) in [5.74, 6) is 3.15. The lowest BCUT2D eigenvalue weighted by atomic mass is 10.0. The lowest BCUT2D eigenvalue weighted by Gasteiger charge is -2.29. The number of likely N-dealkylation sites (tertiary alicyclic amines) is 1. The molecule has 2 aromatic rings. The number of rotatable bonds is 4. The summed E-state index contributed by atoms with van der Waals surface area (Å²) >= 11 is 0. The summed E-state index contributed by atoms with van der Waals surface area (Å²) in [7, 11) is 0. The first-order valence-electron chi connectivity index (χ1n) is 10.5. The molecule has 0 spiro atoms. The van der Waals surface area contributed by atoms with Gasteiger partial charge in [0.2, 0.25) is 0 Å². The van der Waals surface area contributed by atoms with Crippen molar-refractivity contribution in [3.8, 4) is 5.82 Å². The predicted molar refractivity (Wildman–Crippen MR) is 108 cm³/mol. The van der Waals surface area contributed by atoms with Gasteiger partial charge in [-0.05, 0) is 44.6 Å². The third-order valence-corrected chi connectivity index (χ3v) is 6.80. The molecule has 4 heterocycles. The fourth-order valence-electron chi connectivity index (χ4n) is 5.50. The van der Waals surface area contributed by atoms with Gasteiger partial charge >= 0.3 is 0 Å². The summed E-state index contributed by atoms with van der Waals surface area (Å²) in [4.78, 5) is 13.9. The minimum absolute atomic E-state index is 0.431. The molecular formula is C21H30N6O. The average molecular weight is 383 g/mol. The maximum Gasteiger partial charge on any atom is 0.159 e. The van der Waals surface area contributed by atoms with E-state index in [1.54, 1.807) is 6.33 Å². The molecular weight excluding hydrogens is 352 g/mol. The van der Waals surface area contributed by atoms with Crippen LogP contribution in [0.15, 0.2) is 18.5 Å². The summed E-state index contributed by atoms with van der Waals surface area (Å²) in [6.07, 6.45) is 5.95. The Bertz CT molecular complexity index is 844. The van der Waals surface area contributed by atoms with Gasteiger partial charge in [-0.2, -0.15) is 5.10 Å². The topological polar surface area (TPSA) is 70.3 Å². The van der Waals surface area contributed by atoms with Crippen molar-refractivity contribution in [2.24, 2.45) is 11.8 Å². The molecule has 1 N–H and O–H groups in total. The first kappa shape index (κ1) is 18.1. The van der Waals surface area contributed by atoms with E-state index in [-0.39, 0.29) is 0 Å². The van der Waals surface area contributed by atoms with E-state index in [9.17, 15) is 5.11 Å². The van der Waals surface area contributed by atoms with E-state index < -0.39 is 5.60 Å². The molecule has 2 atom stereocenters. The van der Waals surface area contributed by atoms with E-state index in [1.165, 1.54) is 12.8 Å². The SMILES string of the molecule is Cc1cc(C)n(-c2cc(N3CC4CN(CC5(O)CCCC5)CC4C3)ncn2)n1. The lowest BCUT2D eigenvalue weighted by molar-refractivity contribution is 0.0141. The van der Waals surface area contributed by atoms with Gasteiger partial charge in [-0.15, -0.1) is 0 Å². The van der Waals surface area contributed by atoms with Crippen molar-refractivity contribution in [3.63, 3.8) is 0 Å². The summed E-state index contributed by atoms with van der Waals surface area (Å²) in [6, 6.07) is 4.12. The molecule has 2 aromatic heterocycles. The number of fused-ring (bicyclic) bond motifs is 1. The quantitative estimate of drug-likeness (QED) is 0.872. The Labute approximate surface area is 166 Å². The molecule has 0 amide bonds. The third-order valence-electron chi connectivity index (χ3n) is 6.80. The van der Waals surface area contributed by atoms with Gasteiger partial charge in [-0.25, -0.2) is 14.6 Å². The van der Waals surface area contributed by atoms with Crippen molar-refractivity contribution >= 4 is 5.82 Å². The summed E-state index contributed by atoms with van der Waals surface area (Å²) in [5, 5.41) is 15.3. The summed E-state index contributed by atoms with van der Waals surface area (Å²) in [6.45, 7) is 9.17. The van der Waals surface area contributed by atoms with Crippen LogP contribution in [0.2, 0.25) is 0 Å². The minimum Gasteiger partial charge on any atom is -0.389 e. The molecule has 0 aromatic carbocycles. The largest absolute Gasteiger partial charge is 0.389 e. The highest BCUT2D eigenvalue weighted by molar-refractivity contribution is 5.45. The zero-order valence-corrected chi connectivity index (χ0v) is 16.9. The second-order valence-electron chi connectivity index (χ2n) is 9.12. The van der Waals surface area contributed by atoms with Gasteiger partial charge < -0.3 is 10.0 Å². The van der Waals surface area contributed by atoms with E-state index >= 15 is 0 Å². The van der Waals surface area contributed by atoms with Gasteiger partial charge in [0.15, 0.2) is 5.82 Å². The van der Waals surface area contributed by atoms with Crippen molar-refractivity contribution in [2.45, 2.75) is 45.1 Å². The Morgan fingerprint density at radius 1 is 1.00 bits per heavy atom. The fourth-order valence-corrected chi connectivity index (χ4v) is 5.50. The molecule has 7 heteroatoms. The number of anilines is 1. The fraction of sp³-hybridized carbons (Fsp3) is 0.667. The summed E-state index contributed by atoms with van der Waals surface area (Å²) < 4.78 is 1.89. The highest BCUT2D eigenvalue weighted by Gasteiger charge is 2.43. The van der Waals surface area contributed by atoms with Crippen LogP contribution in [0.4, 0.5) is 5.82 Å². The number of β-amino-alcohol motifs (C(OH)–C–C–N with tert-alkyl or cyclic N) is 1. The molecule has 150 valence electrons. The van der Waals surface area contributed by atoms with Crippen molar-refractivity contribution in [1.29, 1.82) is 0 Å². The third kappa shape index (κ3) is 3.31. The number of hydrogen-bond acceptors (Lipinski definition) is 6. The van der Waals surface area contributed by atoms with Gasteiger partial charge in [0.25, 0.3) is 0 Å². The molecule has 2 saturated heterocycles. The normalized spacial score (nSPS) is 26.9. The van der Waals surface area contributed by atoms with Crippen molar-refractivity contribution in [2.75, 3.05) is 37.6 Å². The second-order valence-corrected chi connectivity index (χ2v) is 9.12. The van der Waals surface area contributed by atoms with Gasteiger partial charge in [0.05, 0.1) is 11.3 Å². The highest BCUT2D eigenvalue weighted by Crippen LogP contribution is 2.36. The molecule has 1 aliphatic carbocycles. The van der Waals surface area contributed by atoms with E-state index in [1.807, 2.05) is 11.6 Å². The van der Waals surface area contributed by atoms with Crippen LogP contribution in [0.3, 0.4) is 0 Å². The van der Waals surface area contributed by atoms with Crippen LogP contribution in [-0.4, -0.2) is 68.1 Å². The average Bonchev–Trinajstić information content (AvgIpc) is 3.40. The summed E-state index contributed by atoms with van der Waals surface area (Å²) in [5.41, 5.74) is 1.65. The van der Waals surface area contributed by atoms with Crippen molar-refractivity contribution in [3.05, 3.63) is 29.8 Å². The van der Waals surface area contributed by atoms with Gasteiger partial charge in [-0.3, -0.25) is 4.90 Å². The van der Waals surface area contributed by atoms with Crippen LogP contribution in [0.5, 0.6) is 0 Å². The standard InChI is InChI=1S/C21H30N6O/c1-15-7-16(2)27(24-15)20-8-19(22-14-23-20)26-11-17-9-25(10-18(17)12-26)13-21(28)5-3-4-6-21/h7-8,14,17-18,28H,3-6,9-13H2,1-2H3. The lowest BCUT2D eigenvalue weighted by Crippen LogP contribution is -2.41. The highest BCUT2D eigenvalue weighted by atomic mass is 16.3. The molecule has 0 radical (unpaired) electrons. The molecule has 2 aliphatic heterocycles. The number of aromatic nitrogens is 4. The molecule has 28 heavy (non-hydrogen) atoms. The Morgan fingerprint density at radius 3 is 2.32 bits per heavy atom. The van der Waals surface area contributed by atoms with Crippen LogP contribution in [-0.2, 0) is 0 Å². The number of nitrogens with zero attached hydrogens (tertiary/aromatic N) is 6. The van der Waals surface area contributed by atoms with E-state index in [2.05, 4.69) is 43.9 Å². The number of hydrogen-bond donors (Lipinski definition) is 1. The van der Waals surface area contributed by atoms with Crippen LogP contribution in [0.1, 0.15) is 37.1 Å². The van der Waals surface area contributed by atoms with Crippen molar-refractivity contribution in [1.82, 2.24) is 24.6 Å². The van der Waals surface area contributed by atoms with Crippen LogP contribution < -0.4 is 4.90 Å². The Balaban J connectivity index is 1.26. The van der Waals surface area contributed by atoms with E-state index in [4.69, 9.17) is 0 Å². The smallest absolute Gasteiger partial charge is 0.159 e. The number of aryl methyl sites for hydroxylation is 2. The molecule has 1 saturated carbocycles. The molecule has 7 nitrogen and oxygen atoms in total. The second kappa shape index (κ2) is 6.81. The predicted octanol–water partition coefficient (Wildman–Crippen LogP) is 1.95. The first-order chi connectivity index (χ1) is 13.5. The Kier molecular flexibility index (Phi) is 4.39. The van der Waals surface area contributed by atoms with Gasteiger partial charge in [-0.1, -0.05) is 12.8 Å². The van der Waals surface area contributed by atoms with E-state index in [0.717, 1.165) is 68.6 Å². The zero-order valence-electron chi connectivity index (χ0n) is 16.9. The monoisotopic (exact) mass is 382 g/mol. The minimum atomic E-state index is -0.431. The molecule has 3 fully saturated rings. The van der Waals surface area contributed by atoms with E-state index in [0.29, 0.717) is 11.8 Å². The molecule has 0 bridgehead atoms. The van der Waals surface area contributed by atoms with Gasteiger partial charge in [0, 0.05) is 44.5 Å². The first-order valence-corrected chi connectivity index (χ1v) is 10.5. The Hall–Kier alpha value is -1.99. The molecule has 2 unspecified atom stereocenters. The maximum atomic E-state index is 10.7. The van der Waals surface area contributed by atoms with Crippen LogP contribution in [0.25, 0.3) is 5.82 Å². The van der Waals surface area contributed by atoms with Crippen molar-refractivity contribution < 1.29 is 5.11 Å². The van der Waals surface area contributed by atoms with Crippen LogP contribution in [0, 0.1) is 25.7 Å². The zero-order chi connectivity index (χ0) is 19.3. The maximum absolute atomic E-state index is 10.7. The van der Waals surface area contributed by atoms with Gasteiger partial charge in [0.1, 0.15) is 12.1 Å². The molecule has 3 aliphatic rings. The van der Waals surface area contributed by atoms with Crippen LogP contribution >= 0.6 is 0 Å².